The Labute approximate surface area is 115 Å². The summed E-state index contributed by atoms with van der Waals surface area (Å²) in [7, 11) is 0. The van der Waals surface area contributed by atoms with Crippen molar-refractivity contribution < 1.29 is 18.5 Å². The van der Waals surface area contributed by atoms with Gasteiger partial charge in [0.05, 0.1) is 18.7 Å². The van der Waals surface area contributed by atoms with E-state index >= 15 is 0 Å². The number of alkyl halides is 3. The van der Waals surface area contributed by atoms with E-state index in [1.165, 1.54) is 6.07 Å². The number of hydrogen-bond donors (Lipinski definition) is 2. The van der Waals surface area contributed by atoms with Gasteiger partial charge in [0.2, 0.25) is 0 Å². The van der Waals surface area contributed by atoms with Gasteiger partial charge >= 0.3 is 6.18 Å². The molecular formula is C13H18F3N2S+. The Bertz CT molecular complexity index is 428. The molecule has 19 heavy (non-hydrogen) atoms. The number of hydrogen-bond acceptors (Lipinski definition) is 2. The van der Waals surface area contributed by atoms with Crippen LogP contribution in [0.4, 0.5) is 18.9 Å². The van der Waals surface area contributed by atoms with E-state index in [9.17, 15) is 13.2 Å². The zero-order valence-corrected chi connectivity index (χ0v) is 11.6. The summed E-state index contributed by atoms with van der Waals surface area (Å²) in [5.74, 6) is 0. The fourth-order valence-corrected chi connectivity index (χ4v) is 2.92. The lowest BCUT2D eigenvalue weighted by Crippen LogP contribution is -2.87. The summed E-state index contributed by atoms with van der Waals surface area (Å²) in [4.78, 5) is 0.273. The van der Waals surface area contributed by atoms with Gasteiger partial charge in [-0.2, -0.15) is 13.2 Å². The second-order valence-electron chi connectivity index (χ2n) is 4.70. The van der Waals surface area contributed by atoms with Crippen LogP contribution in [0.1, 0.15) is 18.4 Å². The molecule has 0 spiro atoms. The Kier molecular flexibility index (Phi) is 4.62. The summed E-state index contributed by atoms with van der Waals surface area (Å²) in [6, 6.07) is 4.79. The van der Waals surface area contributed by atoms with Crippen molar-refractivity contribution in [3.05, 3.63) is 23.8 Å². The van der Waals surface area contributed by atoms with E-state index in [2.05, 4.69) is 10.6 Å². The minimum absolute atomic E-state index is 0.273. The number of halogens is 3. The number of benzene rings is 1. The Morgan fingerprint density at radius 2 is 1.95 bits per heavy atom. The van der Waals surface area contributed by atoms with Gasteiger partial charge < -0.3 is 10.6 Å². The summed E-state index contributed by atoms with van der Waals surface area (Å²) in [6.45, 7) is 2.07. The second kappa shape index (κ2) is 6.05. The third-order valence-corrected chi connectivity index (χ3v) is 4.11. The molecule has 0 bridgehead atoms. The molecule has 106 valence electrons. The Morgan fingerprint density at radius 3 is 2.53 bits per heavy atom. The third-order valence-electron chi connectivity index (χ3n) is 3.31. The van der Waals surface area contributed by atoms with E-state index < -0.39 is 11.7 Å². The highest BCUT2D eigenvalue weighted by Gasteiger charge is 2.33. The molecule has 1 saturated heterocycles. The van der Waals surface area contributed by atoms with E-state index in [-0.39, 0.29) is 10.9 Å². The fourth-order valence-electron chi connectivity index (χ4n) is 2.33. The molecule has 1 aliphatic heterocycles. The summed E-state index contributed by atoms with van der Waals surface area (Å²) in [5, 5.41) is 5.45. The van der Waals surface area contributed by atoms with Gasteiger partial charge in [0.15, 0.2) is 0 Å². The predicted molar refractivity (Wildman–Crippen MR) is 71.5 cm³/mol. The number of quaternary nitrogens is 1. The van der Waals surface area contributed by atoms with Crippen molar-refractivity contribution in [2.45, 2.75) is 30.0 Å². The fraction of sp³-hybridized carbons (Fsp3) is 0.538. The lowest BCUT2D eigenvalue weighted by Gasteiger charge is -2.23. The van der Waals surface area contributed by atoms with Crippen molar-refractivity contribution >= 4 is 17.4 Å². The number of anilines is 1. The molecule has 0 radical (unpaired) electrons. The summed E-state index contributed by atoms with van der Waals surface area (Å²) in [5.41, 5.74) is 0.0180. The van der Waals surface area contributed by atoms with Crippen LogP contribution in [0.3, 0.4) is 0 Å². The molecular weight excluding hydrogens is 273 g/mol. The molecule has 6 heteroatoms. The molecule has 0 aromatic heterocycles. The number of nitrogens with one attached hydrogen (secondary N) is 1. The zero-order valence-electron chi connectivity index (χ0n) is 10.8. The zero-order chi connectivity index (χ0) is 13.9. The van der Waals surface area contributed by atoms with Crippen molar-refractivity contribution in [2.24, 2.45) is 0 Å². The molecule has 2 nitrogen and oxygen atoms in total. The first-order valence-corrected chi connectivity index (χ1v) is 7.56. The van der Waals surface area contributed by atoms with Crippen LogP contribution in [0.2, 0.25) is 0 Å². The Morgan fingerprint density at radius 1 is 1.26 bits per heavy atom. The minimum atomic E-state index is -4.30. The van der Waals surface area contributed by atoms with Gasteiger partial charge in [-0.25, -0.2) is 0 Å². The standard InChI is InChI=1S/C13H17F3N2S/c1-19-12-3-2-10(8-11(12)13(14,15)16)18-9-4-6-17-7-5-9/h2-3,8-9,17-18H,4-7H2,1H3/p+1. The normalized spacial score (nSPS) is 17.5. The number of nitrogens with two attached hydrogens (primary N) is 1. The van der Waals surface area contributed by atoms with Crippen molar-refractivity contribution in [1.82, 2.24) is 0 Å². The molecule has 1 aromatic carbocycles. The summed E-state index contributed by atoms with van der Waals surface area (Å²) in [6.07, 6.45) is -0.651. The largest absolute Gasteiger partial charge is 0.417 e. The highest BCUT2D eigenvalue weighted by Crippen LogP contribution is 2.37. The maximum Gasteiger partial charge on any atom is 0.417 e. The van der Waals surface area contributed by atoms with Gasteiger partial charge in [-0.3, -0.25) is 0 Å². The van der Waals surface area contributed by atoms with E-state index in [1.54, 1.807) is 18.4 Å². The molecule has 0 atom stereocenters. The molecule has 2 rings (SSSR count). The monoisotopic (exact) mass is 291 g/mol. The average molecular weight is 291 g/mol. The molecule has 0 amide bonds. The second-order valence-corrected chi connectivity index (χ2v) is 5.55. The van der Waals surface area contributed by atoms with Gasteiger partial charge in [-0.15, -0.1) is 11.8 Å². The van der Waals surface area contributed by atoms with Crippen molar-refractivity contribution in [3.63, 3.8) is 0 Å². The average Bonchev–Trinajstić information content (AvgIpc) is 2.39. The van der Waals surface area contributed by atoms with Crippen LogP contribution in [0.5, 0.6) is 0 Å². The van der Waals surface area contributed by atoms with Gasteiger partial charge in [-0.1, -0.05) is 0 Å². The van der Waals surface area contributed by atoms with Crippen molar-refractivity contribution in [1.29, 1.82) is 0 Å². The van der Waals surface area contributed by atoms with Gasteiger partial charge in [-0.05, 0) is 24.5 Å². The highest BCUT2D eigenvalue weighted by atomic mass is 32.2. The van der Waals surface area contributed by atoms with Crippen LogP contribution in [0.15, 0.2) is 23.1 Å². The Hall–Kier alpha value is -0.880. The van der Waals surface area contributed by atoms with Crippen molar-refractivity contribution in [3.8, 4) is 0 Å². The lowest BCUT2D eigenvalue weighted by molar-refractivity contribution is -0.662. The van der Waals surface area contributed by atoms with Crippen LogP contribution in [-0.4, -0.2) is 25.4 Å². The van der Waals surface area contributed by atoms with E-state index in [0.717, 1.165) is 37.7 Å². The number of thioether (sulfide) groups is 1. The van der Waals surface area contributed by atoms with Crippen LogP contribution < -0.4 is 10.6 Å². The van der Waals surface area contributed by atoms with Gasteiger partial charge in [0.25, 0.3) is 0 Å². The molecule has 3 N–H and O–H groups in total. The molecule has 1 aliphatic rings. The third kappa shape index (κ3) is 3.79. The molecule has 0 saturated carbocycles. The van der Waals surface area contributed by atoms with Crippen LogP contribution in [0, 0.1) is 0 Å². The Balaban J connectivity index is 2.17. The number of rotatable bonds is 3. The van der Waals surface area contributed by atoms with Gasteiger partial charge in [0.1, 0.15) is 0 Å². The maximum atomic E-state index is 12.9. The quantitative estimate of drug-likeness (QED) is 0.838. The first-order valence-electron chi connectivity index (χ1n) is 6.34. The predicted octanol–water partition coefficient (Wildman–Crippen LogP) is 2.57. The highest BCUT2D eigenvalue weighted by molar-refractivity contribution is 7.98. The SMILES string of the molecule is CSc1ccc(NC2CC[NH2+]CC2)cc1C(F)(F)F. The molecule has 0 unspecified atom stereocenters. The van der Waals surface area contributed by atoms with E-state index in [0.29, 0.717) is 5.69 Å². The topological polar surface area (TPSA) is 28.6 Å². The summed E-state index contributed by atoms with van der Waals surface area (Å²) >= 11 is 1.12. The molecule has 1 aromatic rings. The van der Waals surface area contributed by atoms with Crippen LogP contribution >= 0.6 is 11.8 Å². The first kappa shape index (κ1) is 14.5. The molecule has 1 fully saturated rings. The maximum absolute atomic E-state index is 12.9. The van der Waals surface area contributed by atoms with Crippen molar-refractivity contribution in [2.75, 3.05) is 24.7 Å². The smallest absolute Gasteiger partial charge is 0.382 e. The lowest BCUT2D eigenvalue weighted by atomic mass is 10.1. The van der Waals surface area contributed by atoms with Crippen LogP contribution in [-0.2, 0) is 6.18 Å². The summed E-state index contributed by atoms with van der Waals surface area (Å²) < 4.78 is 38.8. The first-order chi connectivity index (χ1) is 9.00. The van der Waals surface area contributed by atoms with E-state index in [1.807, 2.05) is 0 Å². The van der Waals surface area contributed by atoms with Gasteiger partial charge in [0, 0.05) is 29.5 Å². The van der Waals surface area contributed by atoms with Crippen LogP contribution in [0.25, 0.3) is 0 Å². The van der Waals surface area contributed by atoms with E-state index in [4.69, 9.17) is 0 Å². The molecule has 0 aliphatic carbocycles. The molecule has 1 heterocycles. The number of piperidine rings is 1. The minimum Gasteiger partial charge on any atom is -0.382 e.